The van der Waals surface area contributed by atoms with E-state index >= 15 is 0 Å². The van der Waals surface area contributed by atoms with E-state index in [4.69, 9.17) is 9.47 Å². The van der Waals surface area contributed by atoms with Crippen molar-refractivity contribution in [2.75, 3.05) is 6.61 Å². The molecular weight excluding hydrogens is 258 g/mol. The summed E-state index contributed by atoms with van der Waals surface area (Å²) in [5, 5.41) is 17.4. The number of ether oxygens (including phenoxy) is 2. The van der Waals surface area contributed by atoms with Crippen LogP contribution in [0, 0.1) is 0 Å². The molecule has 1 aromatic carbocycles. The molecule has 0 aliphatic carbocycles. The van der Waals surface area contributed by atoms with Gasteiger partial charge in [-0.25, -0.2) is 4.68 Å². The molecular formula is C14H17N3O3. The van der Waals surface area contributed by atoms with E-state index in [1.807, 2.05) is 6.20 Å². The highest BCUT2D eigenvalue weighted by atomic mass is 16.7. The number of aromatic nitrogens is 3. The largest absolute Gasteiger partial charge is 0.508 e. The quantitative estimate of drug-likeness (QED) is 0.924. The van der Waals surface area contributed by atoms with Crippen molar-refractivity contribution in [2.24, 2.45) is 0 Å². The summed E-state index contributed by atoms with van der Waals surface area (Å²) in [6.45, 7) is 1.16. The summed E-state index contributed by atoms with van der Waals surface area (Å²) in [4.78, 5) is 0. The molecule has 0 amide bonds. The van der Waals surface area contributed by atoms with Gasteiger partial charge in [0.05, 0.1) is 18.5 Å². The molecule has 6 heteroatoms. The fourth-order valence-corrected chi connectivity index (χ4v) is 2.12. The summed E-state index contributed by atoms with van der Waals surface area (Å²) in [5.41, 5.74) is 1.60. The van der Waals surface area contributed by atoms with Gasteiger partial charge in [-0.3, -0.25) is 0 Å². The van der Waals surface area contributed by atoms with Crippen LogP contribution in [0.2, 0.25) is 0 Å². The maximum Gasteiger partial charge on any atom is 0.158 e. The highest BCUT2D eigenvalue weighted by Gasteiger charge is 2.14. The standard InChI is InChI=1S/C14H17N3O3/c18-13-6-4-12(5-7-13)17-9-11(15-16-17)10-20-14-3-1-2-8-19-14/h4-7,9,14,18H,1-3,8,10H2. The summed E-state index contributed by atoms with van der Waals surface area (Å²) in [6, 6.07) is 6.78. The molecule has 1 unspecified atom stereocenters. The molecule has 20 heavy (non-hydrogen) atoms. The van der Waals surface area contributed by atoms with Crippen molar-refractivity contribution in [1.29, 1.82) is 0 Å². The number of phenols is 1. The third-order valence-electron chi connectivity index (χ3n) is 3.21. The van der Waals surface area contributed by atoms with E-state index < -0.39 is 0 Å². The highest BCUT2D eigenvalue weighted by molar-refractivity contribution is 5.35. The van der Waals surface area contributed by atoms with Crippen molar-refractivity contribution in [3.05, 3.63) is 36.2 Å². The lowest BCUT2D eigenvalue weighted by Gasteiger charge is -2.22. The topological polar surface area (TPSA) is 69.4 Å². The van der Waals surface area contributed by atoms with Gasteiger partial charge in [-0.05, 0) is 43.5 Å². The maximum absolute atomic E-state index is 9.26. The van der Waals surface area contributed by atoms with E-state index in [9.17, 15) is 5.11 Å². The predicted molar refractivity (Wildman–Crippen MR) is 71.4 cm³/mol. The van der Waals surface area contributed by atoms with Gasteiger partial charge in [-0.1, -0.05) is 5.21 Å². The van der Waals surface area contributed by atoms with Crippen LogP contribution in [0.15, 0.2) is 30.5 Å². The van der Waals surface area contributed by atoms with Crippen LogP contribution in [0.4, 0.5) is 0 Å². The van der Waals surface area contributed by atoms with Crippen molar-refractivity contribution >= 4 is 0 Å². The molecule has 106 valence electrons. The monoisotopic (exact) mass is 275 g/mol. The second kappa shape index (κ2) is 6.02. The van der Waals surface area contributed by atoms with Crippen molar-refractivity contribution < 1.29 is 14.6 Å². The third kappa shape index (κ3) is 3.15. The molecule has 6 nitrogen and oxygen atoms in total. The molecule has 3 rings (SSSR count). The number of phenolic OH excluding ortho intramolecular Hbond substituents is 1. The van der Waals surface area contributed by atoms with Crippen LogP contribution >= 0.6 is 0 Å². The van der Waals surface area contributed by atoms with Crippen LogP contribution in [0.5, 0.6) is 5.75 Å². The van der Waals surface area contributed by atoms with Gasteiger partial charge < -0.3 is 14.6 Å². The van der Waals surface area contributed by atoms with Crippen LogP contribution in [-0.2, 0) is 16.1 Å². The Balaban J connectivity index is 1.60. The SMILES string of the molecule is Oc1ccc(-n2cc(COC3CCCCO3)nn2)cc1. The molecule has 0 bridgehead atoms. The number of benzene rings is 1. The lowest BCUT2D eigenvalue weighted by molar-refractivity contribution is -0.169. The van der Waals surface area contributed by atoms with E-state index in [1.165, 1.54) is 0 Å². The first-order chi connectivity index (χ1) is 9.81. The van der Waals surface area contributed by atoms with E-state index in [0.717, 1.165) is 37.3 Å². The van der Waals surface area contributed by atoms with Crippen LogP contribution < -0.4 is 0 Å². The van der Waals surface area contributed by atoms with E-state index in [-0.39, 0.29) is 12.0 Å². The van der Waals surface area contributed by atoms with Gasteiger partial charge in [0.15, 0.2) is 6.29 Å². The van der Waals surface area contributed by atoms with Crippen molar-refractivity contribution in [3.8, 4) is 11.4 Å². The first-order valence-corrected chi connectivity index (χ1v) is 6.75. The van der Waals surface area contributed by atoms with Gasteiger partial charge >= 0.3 is 0 Å². The minimum atomic E-state index is -0.123. The minimum absolute atomic E-state index is 0.123. The van der Waals surface area contributed by atoms with Gasteiger partial charge in [0.2, 0.25) is 0 Å². The molecule has 1 aliphatic rings. The van der Waals surface area contributed by atoms with E-state index in [2.05, 4.69) is 10.3 Å². The molecule has 1 fully saturated rings. The summed E-state index contributed by atoms with van der Waals surface area (Å²) < 4.78 is 12.8. The number of aromatic hydroxyl groups is 1. The number of hydrogen-bond donors (Lipinski definition) is 1. The molecule has 1 atom stereocenters. The molecule has 0 radical (unpaired) electrons. The second-order valence-electron chi connectivity index (χ2n) is 4.78. The Bertz CT molecular complexity index is 547. The molecule has 1 aromatic heterocycles. The van der Waals surface area contributed by atoms with E-state index in [1.54, 1.807) is 28.9 Å². The molecule has 1 aliphatic heterocycles. The van der Waals surface area contributed by atoms with Gasteiger partial charge in [0, 0.05) is 6.61 Å². The smallest absolute Gasteiger partial charge is 0.158 e. The molecule has 2 heterocycles. The van der Waals surface area contributed by atoms with Gasteiger partial charge in [-0.15, -0.1) is 5.10 Å². The average Bonchev–Trinajstić information content (AvgIpc) is 2.96. The number of hydrogen-bond acceptors (Lipinski definition) is 5. The summed E-state index contributed by atoms with van der Waals surface area (Å²) >= 11 is 0. The summed E-state index contributed by atoms with van der Waals surface area (Å²) in [5.74, 6) is 0.229. The van der Waals surface area contributed by atoms with Crippen LogP contribution in [0.25, 0.3) is 5.69 Å². The second-order valence-corrected chi connectivity index (χ2v) is 4.78. The Morgan fingerprint density at radius 1 is 1.30 bits per heavy atom. The zero-order valence-corrected chi connectivity index (χ0v) is 11.1. The fourth-order valence-electron chi connectivity index (χ4n) is 2.12. The Kier molecular flexibility index (Phi) is 3.94. The zero-order chi connectivity index (χ0) is 13.8. The minimum Gasteiger partial charge on any atom is -0.508 e. The number of rotatable bonds is 4. The molecule has 0 spiro atoms. The van der Waals surface area contributed by atoms with Crippen molar-refractivity contribution in [3.63, 3.8) is 0 Å². The first-order valence-electron chi connectivity index (χ1n) is 6.75. The van der Waals surface area contributed by atoms with Crippen molar-refractivity contribution in [2.45, 2.75) is 32.2 Å². The molecule has 1 N–H and O–H groups in total. The predicted octanol–water partition coefficient (Wildman–Crippen LogP) is 2.02. The zero-order valence-electron chi connectivity index (χ0n) is 11.1. The Hall–Kier alpha value is -1.92. The van der Waals surface area contributed by atoms with Gasteiger partial charge in [0.25, 0.3) is 0 Å². The maximum atomic E-state index is 9.26. The Labute approximate surface area is 116 Å². The van der Waals surface area contributed by atoms with Crippen LogP contribution in [-0.4, -0.2) is 33.0 Å². The lowest BCUT2D eigenvalue weighted by Crippen LogP contribution is -2.22. The van der Waals surface area contributed by atoms with Gasteiger partial charge in [0.1, 0.15) is 11.4 Å². The molecule has 0 saturated carbocycles. The summed E-state index contributed by atoms with van der Waals surface area (Å²) in [7, 11) is 0. The number of nitrogens with zero attached hydrogens (tertiary/aromatic N) is 3. The lowest BCUT2D eigenvalue weighted by atomic mass is 10.2. The average molecular weight is 275 g/mol. The normalized spacial score (nSPS) is 19.1. The Morgan fingerprint density at radius 2 is 2.15 bits per heavy atom. The highest BCUT2D eigenvalue weighted by Crippen LogP contribution is 2.16. The van der Waals surface area contributed by atoms with Gasteiger partial charge in [-0.2, -0.15) is 0 Å². The van der Waals surface area contributed by atoms with Crippen LogP contribution in [0.1, 0.15) is 25.0 Å². The first kappa shape index (κ1) is 13.1. The third-order valence-corrected chi connectivity index (χ3v) is 3.21. The van der Waals surface area contributed by atoms with Crippen molar-refractivity contribution in [1.82, 2.24) is 15.0 Å². The molecule has 2 aromatic rings. The van der Waals surface area contributed by atoms with Crippen LogP contribution in [0.3, 0.4) is 0 Å². The van der Waals surface area contributed by atoms with E-state index in [0.29, 0.717) is 6.61 Å². The molecule has 1 saturated heterocycles. The fraction of sp³-hybridized carbons (Fsp3) is 0.429. The Morgan fingerprint density at radius 3 is 2.90 bits per heavy atom. The summed E-state index contributed by atoms with van der Waals surface area (Å²) in [6.07, 6.45) is 4.88.